The van der Waals surface area contributed by atoms with Crippen molar-refractivity contribution in [3.05, 3.63) is 65.9 Å². The van der Waals surface area contributed by atoms with Crippen molar-refractivity contribution in [1.82, 2.24) is 40.0 Å². The van der Waals surface area contributed by atoms with Gasteiger partial charge in [-0.25, -0.2) is 9.97 Å². The van der Waals surface area contributed by atoms with Gasteiger partial charge in [0.1, 0.15) is 11.2 Å². The highest BCUT2D eigenvalue weighted by molar-refractivity contribution is 7.14. The Labute approximate surface area is 209 Å². The number of hydrogen-bond donors (Lipinski definition) is 2. The van der Waals surface area contributed by atoms with Crippen molar-refractivity contribution in [3.63, 3.8) is 0 Å². The minimum absolute atomic E-state index is 0.241. The summed E-state index contributed by atoms with van der Waals surface area (Å²) in [6.07, 6.45) is 11.6. The smallest absolute Gasteiger partial charge is 0.181 e. The Morgan fingerprint density at radius 1 is 0.972 bits per heavy atom. The molecule has 0 atom stereocenters. The number of fused-ring (bicyclic) bond motifs is 2. The number of thiophene rings is 1. The van der Waals surface area contributed by atoms with E-state index in [1.165, 1.54) is 24.5 Å². The van der Waals surface area contributed by atoms with E-state index >= 15 is 0 Å². The van der Waals surface area contributed by atoms with Gasteiger partial charge >= 0.3 is 0 Å². The van der Waals surface area contributed by atoms with E-state index in [1.807, 2.05) is 18.6 Å². The maximum absolute atomic E-state index is 13.7. The van der Waals surface area contributed by atoms with Crippen molar-refractivity contribution in [3.8, 4) is 33.1 Å². The molecule has 0 aliphatic carbocycles. The van der Waals surface area contributed by atoms with Gasteiger partial charge < -0.3 is 4.98 Å². The van der Waals surface area contributed by atoms with Crippen molar-refractivity contribution in [2.75, 3.05) is 13.1 Å². The van der Waals surface area contributed by atoms with Crippen LogP contribution in [0.25, 0.3) is 55.2 Å². The van der Waals surface area contributed by atoms with E-state index in [0.717, 1.165) is 74.7 Å². The largest absolute Gasteiger partial charge is 0.335 e. The first-order valence-corrected chi connectivity index (χ1v) is 12.6. The Hall–Kier alpha value is -4.02. The number of aromatic amines is 2. The molecule has 0 bridgehead atoms. The van der Waals surface area contributed by atoms with Crippen LogP contribution in [0.3, 0.4) is 0 Å². The van der Waals surface area contributed by atoms with Crippen LogP contribution in [-0.2, 0) is 6.54 Å². The van der Waals surface area contributed by atoms with E-state index < -0.39 is 0 Å². The Morgan fingerprint density at radius 3 is 2.69 bits per heavy atom. The molecular weight excluding hydrogens is 475 g/mol. The summed E-state index contributed by atoms with van der Waals surface area (Å²) in [5.41, 5.74) is 6.80. The topological polar surface area (TPSA) is 99.3 Å². The van der Waals surface area contributed by atoms with Crippen molar-refractivity contribution in [1.29, 1.82) is 0 Å². The first-order chi connectivity index (χ1) is 17.7. The fourth-order valence-corrected chi connectivity index (χ4v) is 5.60. The van der Waals surface area contributed by atoms with Crippen LogP contribution in [-0.4, -0.2) is 53.1 Å². The SMILES string of the molecule is Fc1ccc(-c2cncc3[nH]c(-c4[nH]nc5ncc(-c6cncc(CN7CCCC7)c6)cc45)nc23)s1. The fraction of sp³-hybridized carbons (Fsp3) is 0.192. The molecular formula is C26H21FN8S. The van der Waals surface area contributed by atoms with Gasteiger partial charge in [0, 0.05) is 52.9 Å². The van der Waals surface area contributed by atoms with Crippen LogP contribution in [0, 0.1) is 5.13 Å². The number of imidazole rings is 1. The monoisotopic (exact) mass is 496 g/mol. The summed E-state index contributed by atoms with van der Waals surface area (Å²) in [6.45, 7) is 3.20. The normalized spacial score (nSPS) is 14.4. The molecule has 0 unspecified atom stereocenters. The van der Waals surface area contributed by atoms with E-state index in [4.69, 9.17) is 4.98 Å². The molecule has 36 heavy (non-hydrogen) atoms. The zero-order valence-electron chi connectivity index (χ0n) is 19.2. The summed E-state index contributed by atoms with van der Waals surface area (Å²) < 4.78 is 13.7. The van der Waals surface area contributed by atoms with Gasteiger partial charge in [-0.1, -0.05) is 0 Å². The standard InChI is InChI=1S/C26H21FN8S/c27-22-4-3-21(36-22)19-12-29-13-20-23(19)32-26(31-20)24-18-8-17(11-30-25(18)34-33-24)16-7-15(9-28-10-16)14-35-5-1-2-6-35/h3-4,7-13H,1-2,5-6,14H2,(H,31,32)(H,30,33,34). The summed E-state index contributed by atoms with van der Waals surface area (Å²) in [5, 5.41) is 8.09. The lowest BCUT2D eigenvalue weighted by Gasteiger charge is -2.14. The second-order valence-electron chi connectivity index (χ2n) is 9.03. The molecule has 7 heterocycles. The van der Waals surface area contributed by atoms with Crippen molar-refractivity contribution in [2.24, 2.45) is 0 Å². The fourth-order valence-electron chi connectivity index (χ4n) is 4.86. The Kier molecular flexibility index (Phi) is 5.07. The van der Waals surface area contributed by atoms with E-state index in [-0.39, 0.29) is 5.13 Å². The van der Waals surface area contributed by atoms with Gasteiger partial charge in [-0.05, 0) is 55.8 Å². The number of rotatable bonds is 5. The van der Waals surface area contributed by atoms with Crippen LogP contribution >= 0.6 is 11.3 Å². The number of likely N-dealkylation sites (tertiary alicyclic amines) is 1. The third-order valence-corrected chi connectivity index (χ3v) is 7.52. The highest BCUT2D eigenvalue weighted by Crippen LogP contribution is 2.34. The molecule has 1 fully saturated rings. The number of nitrogens with one attached hydrogen (secondary N) is 2. The molecule has 6 aromatic heterocycles. The number of H-pyrrole nitrogens is 2. The van der Waals surface area contributed by atoms with Gasteiger partial charge in [-0.3, -0.25) is 20.0 Å². The lowest BCUT2D eigenvalue weighted by molar-refractivity contribution is 0.331. The molecule has 178 valence electrons. The minimum Gasteiger partial charge on any atom is -0.335 e. The van der Waals surface area contributed by atoms with E-state index in [1.54, 1.807) is 18.5 Å². The molecule has 1 saturated heterocycles. The second-order valence-corrected chi connectivity index (χ2v) is 10.1. The third kappa shape index (κ3) is 3.75. The number of nitrogens with zero attached hydrogens (tertiary/aromatic N) is 6. The summed E-state index contributed by atoms with van der Waals surface area (Å²) in [7, 11) is 0. The minimum atomic E-state index is -0.241. The van der Waals surface area contributed by atoms with Crippen LogP contribution in [0.1, 0.15) is 18.4 Å². The highest BCUT2D eigenvalue weighted by atomic mass is 32.1. The van der Waals surface area contributed by atoms with Crippen LogP contribution in [0.4, 0.5) is 4.39 Å². The number of halogens is 1. The maximum atomic E-state index is 13.7. The van der Waals surface area contributed by atoms with Gasteiger partial charge in [0.05, 0.1) is 17.1 Å². The van der Waals surface area contributed by atoms with Gasteiger partial charge in [0.15, 0.2) is 16.6 Å². The summed E-state index contributed by atoms with van der Waals surface area (Å²) in [4.78, 5) is 24.8. The quantitative estimate of drug-likeness (QED) is 0.331. The molecule has 1 aliphatic rings. The molecule has 6 aromatic rings. The van der Waals surface area contributed by atoms with Gasteiger partial charge in [0.2, 0.25) is 0 Å². The van der Waals surface area contributed by atoms with Crippen molar-refractivity contribution >= 4 is 33.4 Å². The summed E-state index contributed by atoms with van der Waals surface area (Å²) in [5.74, 6) is 0.624. The van der Waals surface area contributed by atoms with Gasteiger partial charge in [-0.2, -0.15) is 9.49 Å². The zero-order valence-corrected chi connectivity index (χ0v) is 20.0. The Morgan fingerprint density at radius 2 is 1.83 bits per heavy atom. The third-order valence-electron chi connectivity index (χ3n) is 6.61. The lowest BCUT2D eigenvalue weighted by atomic mass is 10.1. The zero-order chi connectivity index (χ0) is 24.1. The molecule has 1 aliphatic heterocycles. The Balaban J connectivity index is 1.28. The van der Waals surface area contributed by atoms with Crippen LogP contribution in [0.15, 0.2) is 55.2 Å². The molecule has 0 spiro atoms. The summed E-state index contributed by atoms with van der Waals surface area (Å²) in [6, 6.07) is 7.46. The van der Waals surface area contributed by atoms with Crippen molar-refractivity contribution in [2.45, 2.75) is 19.4 Å². The van der Waals surface area contributed by atoms with Crippen LogP contribution in [0.5, 0.6) is 0 Å². The molecule has 8 nitrogen and oxygen atoms in total. The van der Waals surface area contributed by atoms with Crippen molar-refractivity contribution < 1.29 is 4.39 Å². The molecule has 0 aromatic carbocycles. The van der Waals surface area contributed by atoms with E-state index in [2.05, 4.69) is 47.2 Å². The molecule has 7 rings (SSSR count). The van der Waals surface area contributed by atoms with E-state index in [0.29, 0.717) is 11.5 Å². The van der Waals surface area contributed by atoms with Gasteiger partial charge in [0.25, 0.3) is 0 Å². The molecule has 0 saturated carbocycles. The highest BCUT2D eigenvalue weighted by Gasteiger charge is 2.18. The molecule has 10 heteroatoms. The number of aromatic nitrogens is 7. The number of hydrogen-bond acceptors (Lipinski definition) is 7. The van der Waals surface area contributed by atoms with Crippen LogP contribution in [0.2, 0.25) is 0 Å². The summed E-state index contributed by atoms with van der Waals surface area (Å²) >= 11 is 1.08. The number of pyridine rings is 3. The molecule has 0 amide bonds. The van der Waals surface area contributed by atoms with Gasteiger partial charge in [-0.15, -0.1) is 11.3 Å². The van der Waals surface area contributed by atoms with Crippen LogP contribution < -0.4 is 0 Å². The average molecular weight is 497 g/mol. The molecule has 0 radical (unpaired) electrons. The lowest BCUT2D eigenvalue weighted by Crippen LogP contribution is -2.18. The first kappa shape index (κ1) is 21.3. The molecule has 2 N–H and O–H groups in total. The maximum Gasteiger partial charge on any atom is 0.181 e. The average Bonchev–Trinajstić information content (AvgIpc) is 3.70. The van der Waals surface area contributed by atoms with E-state index in [9.17, 15) is 4.39 Å². The predicted molar refractivity (Wildman–Crippen MR) is 138 cm³/mol. The Bertz CT molecular complexity index is 1710. The first-order valence-electron chi connectivity index (χ1n) is 11.8. The predicted octanol–water partition coefficient (Wildman–Crippen LogP) is 5.42. The second kappa shape index (κ2) is 8.58.